The molecule has 0 aliphatic carbocycles. The summed E-state index contributed by atoms with van der Waals surface area (Å²) in [6.45, 7) is 6.82. The Bertz CT molecular complexity index is 741. The van der Waals surface area contributed by atoms with E-state index in [1.807, 2.05) is 17.3 Å². The van der Waals surface area contributed by atoms with Crippen molar-refractivity contribution in [2.24, 2.45) is 5.92 Å². The van der Waals surface area contributed by atoms with Crippen LogP contribution < -0.4 is 0 Å². The first-order valence-corrected chi connectivity index (χ1v) is 10.4. The summed E-state index contributed by atoms with van der Waals surface area (Å²) < 4.78 is 7.45. The minimum Gasteiger partial charge on any atom is -0.383 e. The third-order valence-electron chi connectivity index (χ3n) is 5.61. The first-order valence-electron chi connectivity index (χ1n) is 10.4. The molecule has 1 fully saturated rings. The molecule has 5 heteroatoms. The van der Waals surface area contributed by atoms with Crippen molar-refractivity contribution in [3.05, 3.63) is 54.1 Å². The SMILES string of the molecule is COC[C@@H]1CCCN1C(=O)Cc1nccn1CC(CC(C)C)c1ccccc1. The van der Waals surface area contributed by atoms with Crippen molar-refractivity contribution in [2.45, 2.75) is 58.0 Å². The fraction of sp³-hybridized carbons (Fsp3) is 0.565. The normalized spacial score (nSPS) is 18.0. The van der Waals surface area contributed by atoms with E-state index < -0.39 is 0 Å². The number of imidazole rings is 1. The number of carbonyl (C=O) groups is 1. The lowest BCUT2D eigenvalue weighted by atomic mass is 9.90. The van der Waals surface area contributed by atoms with Crippen LogP contribution in [0.1, 0.15) is 50.4 Å². The van der Waals surface area contributed by atoms with Crippen molar-refractivity contribution in [2.75, 3.05) is 20.3 Å². The molecular formula is C23H33N3O2. The number of likely N-dealkylation sites (tertiary alicyclic amines) is 1. The summed E-state index contributed by atoms with van der Waals surface area (Å²) >= 11 is 0. The molecule has 2 atom stereocenters. The van der Waals surface area contributed by atoms with Crippen molar-refractivity contribution in [3.63, 3.8) is 0 Å². The van der Waals surface area contributed by atoms with E-state index in [0.29, 0.717) is 24.9 Å². The van der Waals surface area contributed by atoms with E-state index in [2.05, 4.69) is 53.7 Å². The highest BCUT2D eigenvalue weighted by molar-refractivity contribution is 5.78. The van der Waals surface area contributed by atoms with Crippen LogP contribution >= 0.6 is 0 Å². The van der Waals surface area contributed by atoms with Crippen molar-refractivity contribution in [1.29, 1.82) is 0 Å². The Morgan fingerprint density at radius 2 is 2.07 bits per heavy atom. The van der Waals surface area contributed by atoms with Crippen LogP contribution in [0.4, 0.5) is 0 Å². The molecule has 1 aromatic heterocycles. The van der Waals surface area contributed by atoms with Crippen molar-refractivity contribution >= 4 is 5.91 Å². The van der Waals surface area contributed by atoms with E-state index >= 15 is 0 Å². The lowest BCUT2D eigenvalue weighted by Gasteiger charge is -2.25. The highest BCUT2D eigenvalue weighted by Crippen LogP contribution is 2.26. The van der Waals surface area contributed by atoms with Crippen LogP contribution in [-0.2, 0) is 22.5 Å². The Labute approximate surface area is 168 Å². The van der Waals surface area contributed by atoms with Crippen LogP contribution in [0.2, 0.25) is 0 Å². The van der Waals surface area contributed by atoms with Gasteiger partial charge in [0.2, 0.25) is 5.91 Å². The van der Waals surface area contributed by atoms with Crippen molar-refractivity contribution < 1.29 is 9.53 Å². The average molecular weight is 384 g/mol. The molecule has 1 aliphatic heterocycles. The van der Waals surface area contributed by atoms with Gasteiger partial charge in [0, 0.05) is 38.5 Å². The van der Waals surface area contributed by atoms with E-state index in [0.717, 1.165) is 38.2 Å². The number of benzene rings is 1. The summed E-state index contributed by atoms with van der Waals surface area (Å²) in [6, 6.07) is 10.9. The zero-order valence-corrected chi connectivity index (χ0v) is 17.4. The van der Waals surface area contributed by atoms with Gasteiger partial charge in [0.1, 0.15) is 5.82 Å². The minimum absolute atomic E-state index is 0.159. The van der Waals surface area contributed by atoms with Gasteiger partial charge in [-0.2, -0.15) is 0 Å². The van der Waals surface area contributed by atoms with Crippen molar-refractivity contribution in [1.82, 2.24) is 14.5 Å². The predicted molar refractivity (Wildman–Crippen MR) is 111 cm³/mol. The van der Waals surface area contributed by atoms with Crippen LogP contribution in [0.15, 0.2) is 42.7 Å². The van der Waals surface area contributed by atoms with Crippen LogP contribution in [-0.4, -0.2) is 46.7 Å². The van der Waals surface area contributed by atoms with E-state index in [-0.39, 0.29) is 11.9 Å². The predicted octanol–water partition coefficient (Wildman–Crippen LogP) is 3.89. The molecule has 2 heterocycles. The number of aromatic nitrogens is 2. The van der Waals surface area contributed by atoms with E-state index in [4.69, 9.17) is 4.74 Å². The molecule has 1 amide bonds. The maximum atomic E-state index is 12.9. The standard InChI is InChI=1S/C23H33N3O2/c1-18(2)14-20(19-8-5-4-6-9-19)16-25-13-11-24-22(25)15-23(27)26-12-7-10-21(26)17-28-3/h4-6,8-9,11,13,18,20-21H,7,10,12,14-17H2,1-3H3/t20?,21-/m0/s1. The van der Waals surface area contributed by atoms with Crippen LogP contribution in [0.3, 0.4) is 0 Å². The molecule has 3 rings (SSSR count). The van der Waals surface area contributed by atoms with Gasteiger partial charge in [0.25, 0.3) is 0 Å². The zero-order chi connectivity index (χ0) is 19.9. The fourth-order valence-electron chi connectivity index (χ4n) is 4.29. The first-order chi connectivity index (χ1) is 13.6. The Hall–Kier alpha value is -2.14. The molecule has 1 aliphatic rings. The van der Waals surface area contributed by atoms with Gasteiger partial charge in [-0.3, -0.25) is 4.79 Å². The maximum absolute atomic E-state index is 12.9. The highest BCUT2D eigenvalue weighted by atomic mass is 16.5. The largest absolute Gasteiger partial charge is 0.383 e. The van der Waals surface area contributed by atoms with E-state index in [9.17, 15) is 4.79 Å². The Balaban J connectivity index is 1.71. The summed E-state index contributed by atoms with van der Waals surface area (Å²) in [5, 5.41) is 0. The second-order valence-corrected chi connectivity index (χ2v) is 8.25. The third-order valence-corrected chi connectivity index (χ3v) is 5.61. The minimum atomic E-state index is 0.159. The molecule has 2 aromatic rings. The topological polar surface area (TPSA) is 47.4 Å². The van der Waals surface area contributed by atoms with Gasteiger partial charge in [0.15, 0.2) is 0 Å². The van der Waals surface area contributed by atoms with Gasteiger partial charge in [-0.15, -0.1) is 0 Å². The smallest absolute Gasteiger partial charge is 0.230 e. The number of amides is 1. The molecule has 28 heavy (non-hydrogen) atoms. The molecule has 1 aromatic carbocycles. The number of methoxy groups -OCH3 is 1. The number of carbonyl (C=O) groups excluding carboxylic acids is 1. The van der Waals surface area contributed by atoms with Gasteiger partial charge in [0.05, 0.1) is 19.1 Å². The molecule has 0 saturated carbocycles. The highest BCUT2D eigenvalue weighted by Gasteiger charge is 2.29. The van der Waals surface area contributed by atoms with E-state index in [1.54, 1.807) is 7.11 Å². The Kier molecular flexibility index (Phi) is 7.26. The molecule has 0 N–H and O–H groups in total. The second-order valence-electron chi connectivity index (χ2n) is 8.25. The quantitative estimate of drug-likeness (QED) is 0.660. The van der Waals surface area contributed by atoms with Gasteiger partial charge >= 0.3 is 0 Å². The molecule has 0 spiro atoms. The van der Waals surface area contributed by atoms with Crippen LogP contribution in [0.25, 0.3) is 0 Å². The fourth-order valence-corrected chi connectivity index (χ4v) is 4.29. The van der Waals surface area contributed by atoms with Gasteiger partial charge in [-0.25, -0.2) is 4.98 Å². The number of ether oxygens (including phenoxy) is 1. The summed E-state index contributed by atoms with van der Waals surface area (Å²) in [5.41, 5.74) is 1.35. The van der Waals surface area contributed by atoms with Gasteiger partial charge < -0.3 is 14.2 Å². The van der Waals surface area contributed by atoms with Gasteiger partial charge in [-0.1, -0.05) is 44.2 Å². The summed E-state index contributed by atoms with van der Waals surface area (Å²) in [4.78, 5) is 19.4. The first kappa shape index (κ1) is 20.6. The average Bonchev–Trinajstić information content (AvgIpc) is 3.31. The van der Waals surface area contributed by atoms with Crippen molar-refractivity contribution in [3.8, 4) is 0 Å². The molecular weight excluding hydrogens is 350 g/mol. The second kappa shape index (κ2) is 9.87. The lowest BCUT2D eigenvalue weighted by Crippen LogP contribution is -2.39. The molecule has 1 unspecified atom stereocenters. The monoisotopic (exact) mass is 383 g/mol. The molecule has 152 valence electrons. The number of nitrogens with zero attached hydrogens (tertiary/aromatic N) is 3. The zero-order valence-electron chi connectivity index (χ0n) is 17.4. The Morgan fingerprint density at radius 1 is 1.29 bits per heavy atom. The van der Waals surface area contributed by atoms with E-state index in [1.165, 1.54) is 5.56 Å². The maximum Gasteiger partial charge on any atom is 0.230 e. The van der Waals surface area contributed by atoms with Gasteiger partial charge in [-0.05, 0) is 30.7 Å². The molecule has 0 radical (unpaired) electrons. The molecule has 0 bridgehead atoms. The molecule has 5 nitrogen and oxygen atoms in total. The lowest BCUT2D eigenvalue weighted by molar-refractivity contribution is -0.132. The van der Waals surface area contributed by atoms with Crippen LogP contribution in [0, 0.1) is 5.92 Å². The third kappa shape index (κ3) is 5.22. The summed E-state index contributed by atoms with van der Waals surface area (Å²) in [6.07, 6.45) is 7.37. The van der Waals surface area contributed by atoms with Crippen LogP contribution in [0.5, 0.6) is 0 Å². The number of hydrogen-bond donors (Lipinski definition) is 0. The molecule has 1 saturated heterocycles. The summed E-state index contributed by atoms with van der Waals surface area (Å²) in [7, 11) is 1.70. The number of hydrogen-bond acceptors (Lipinski definition) is 3. The number of rotatable bonds is 9. The summed E-state index contributed by atoms with van der Waals surface area (Å²) in [5.74, 6) is 2.04. The Morgan fingerprint density at radius 3 is 2.79 bits per heavy atom.